The van der Waals surface area contributed by atoms with Gasteiger partial charge < -0.3 is 20.3 Å². The Hall–Kier alpha value is -2.64. The second kappa shape index (κ2) is 8.58. The number of carbonyl (C=O) groups is 1. The zero-order chi connectivity index (χ0) is 20.1. The van der Waals surface area contributed by atoms with E-state index in [0.717, 1.165) is 5.56 Å². The van der Waals surface area contributed by atoms with Crippen molar-refractivity contribution in [1.29, 1.82) is 0 Å². The molecule has 0 aromatic heterocycles. The van der Waals surface area contributed by atoms with Crippen LogP contribution in [0, 0.1) is 5.82 Å². The van der Waals surface area contributed by atoms with Gasteiger partial charge in [-0.2, -0.15) is 0 Å². The third kappa shape index (κ3) is 4.61. The van der Waals surface area contributed by atoms with Crippen molar-refractivity contribution in [1.82, 2.24) is 4.90 Å². The molecule has 2 aromatic rings. The Bertz CT molecular complexity index is 835. The van der Waals surface area contributed by atoms with Crippen LogP contribution in [0.25, 0.3) is 0 Å². The number of amides is 1. The van der Waals surface area contributed by atoms with Crippen LogP contribution < -0.4 is 15.2 Å². The van der Waals surface area contributed by atoms with Gasteiger partial charge in [-0.15, -0.1) is 0 Å². The van der Waals surface area contributed by atoms with Crippen molar-refractivity contribution in [3.8, 4) is 11.5 Å². The summed E-state index contributed by atoms with van der Waals surface area (Å²) in [5.74, 6) is 0.0627. The quantitative estimate of drug-likeness (QED) is 0.760. The smallest absolute Gasteiger partial charge is 0.255 e. The van der Waals surface area contributed by atoms with E-state index in [1.165, 1.54) is 13.2 Å². The van der Waals surface area contributed by atoms with Crippen molar-refractivity contribution in [3.63, 3.8) is 0 Å². The molecule has 7 heteroatoms. The summed E-state index contributed by atoms with van der Waals surface area (Å²) >= 11 is 0. The summed E-state index contributed by atoms with van der Waals surface area (Å²) in [7, 11) is 1.53. The van der Waals surface area contributed by atoms with Gasteiger partial charge in [0.2, 0.25) is 0 Å². The van der Waals surface area contributed by atoms with Crippen LogP contribution in [-0.2, 0) is 16.9 Å². The van der Waals surface area contributed by atoms with Gasteiger partial charge in [0, 0.05) is 25.2 Å². The van der Waals surface area contributed by atoms with Crippen molar-refractivity contribution in [3.05, 3.63) is 59.4 Å². The van der Waals surface area contributed by atoms with Crippen molar-refractivity contribution < 1.29 is 23.8 Å². The predicted octanol–water partition coefficient (Wildman–Crippen LogP) is 2.18. The Morgan fingerprint density at radius 2 is 1.93 bits per heavy atom. The van der Waals surface area contributed by atoms with E-state index in [1.807, 2.05) is 12.1 Å². The zero-order valence-corrected chi connectivity index (χ0v) is 15.9. The number of nitrogens with two attached hydrogens (primary N) is 1. The fraction of sp³-hybridized carbons (Fsp3) is 0.381. The van der Waals surface area contributed by atoms with E-state index in [4.69, 9.17) is 15.2 Å². The van der Waals surface area contributed by atoms with Crippen LogP contribution in [0.1, 0.15) is 24.0 Å². The first-order valence-electron chi connectivity index (χ1n) is 9.19. The van der Waals surface area contributed by atoms with Crippen molar-refractivity contribution in [2.24, 2.45) is 5.73 Å². The average molecular weight is 388 g/mol. The molecule has 28 heavy (non-hydrogen) atoms. The van der Waals surface area contributed by atoms with Crippen LogP contribution in [0.2, 0.25) is 0 Å². The van der Waals surface area contributed by atoms with E-state index < -0.39 is 11.5 Å². The highest BCUT2D eigenvalue weighted by Crippen LogP contribution is 2.35. The van der Waals surface area contributed by atoms with Gasteiger partial charge in [-0.1, -0.05) is 24.3 Å². The number of piperidine rings is 1. The number of hydrogen-bond acceptors (Lipinski definition) is 5. The third-order valence-electron chi connectivity index (χ3n) is 5.06. The number of halogens is 1. The molecule has 0 unspecified atom stereocenters. The number of nitrogens with zero attached hydrogens (tertiary/aromatic N) is 1. The molecule has 1 heterocycles. The van der Waals surface area contributed by atoms with Gasteiger partial charge in [0.15, 0.2) is 18.1 Å². The summed E-state index contributed by atoms with van der Waals surface area (Å²) in [5, 5.41) is 10.9. The molecule has 0 radical (unpaired) electrons. The molecule has 0 aliphatic carbocycles. The topological polar surface area (TPSA) is 85.0 Å². The van der Waals surface area contributed by atoms with Crippen LogP contribution in [0.15, 0.2) is 42.5 Å². The number of carbonyl (C=O) groups excluding carboxylic acids is 1. The summed E-state index contributed by atoms with van der Waals surface area (Å²) in [6.07, 6.45) is 0.926. The van der Waals surface area contributed by atoms with Crippen LogP contribution in [0.4, 0.5) is 4.39 Å². The zero-order valence-electron chi connectivity index (χ0n) is 15.9. The molecule has 6 nitrogen and oxygen atoms in total. The summed E-state index contributed by atoms with van der Waals surface area (Å²) in [6.45, 7) is 1.75. The highest BCUT2D eigenvalue weighted by atomic mass is 19.1. The Morgan fingerprint density at radius 3 is 2.57 bits per heavy atom. The molecular formula is C21H25FN2O4. The van der Waals surface area contributed by atoms with Gasteiger partial charge in [0.1, 0.15) is 5.82 Å². The molecule has 3 rings (SSSR count). The minimum absolute atomic E-state index is 0.212. The first kappa shape index (κ1) is 20.1. The van der Waals surface area contributed by atoms with E-state index in [2.05, 4.69) is 4.90 Å². The van der Waals surface area contributed by atoms with Crippen LogP contribution >= 0.6 is 0 Å². The second-order valence-corrected chi connectivity index (χ2v) is 7.03. The fourth-order valence-electron chi connectivity index (χ4n) is 3.53. The molecule has 2 aromatic carbocycles. The van der Waals surface area contributed by atoms with Crippen LogP contribution in [0.3, 0.4) is 0 Å². The number of hydrogen-bond donors (Lipinski definition) is 2. The summed E-state index contributed by atoms with van der Waals surface area (Å²) in [4.78, 5) is 13.1. The lowest BCUT2D eigenvalue weighted by atomic mass is 9.84. The number of methoxy groups -OCH3 is 1. The molecule has 150 valence electrons. The predicted molar refractivity (Wildman–Crippen MR) is 102 cm³/mol. The van der Waals surface area contributed by atoms with Gasteiger partial charge in [-0.25, -0.2) is 4.39 Å². The summed E-state index contributed by atoms with van der Waals surface area (Å²) in [5.41, 5.74) is 5.35. The molecule has 1 amide bonds. The van der Waals surface area contributed by atoms with Gasteiger partial charge in [0.05, 0.1) is 12.7 Å². The Balaban J connectivity index is 1.63. The number of primary amides is 1. The van der Waals surface area contributed by atoms with Crippen molar-refractivity contribution >= 4 is 5.91 Å². The van der Waals surface area contributed by atoms with Gasteiger partial charge in [-0.05, 0) is 36.6 Å². The SMILES string of the molecule is COc1cc(CN2CCC(O)(c3ccccc3F)CC2)ccc1OCC(N)=O. The van der Waals surface area contributed by atoms with Gasteiger partial charge >= 0.3 is 0 Å². The monoisotopic (exact) mass is 388 g/mol. The largest absolute Gasteiger partial charge is 0.493 e. The number of ether oxygens (including phenoxy) is 2. The molecule has 1 fully saturated rings. The molecule has 0 saturated carbocycles. The molecule has 0 atom stereocenters. The van der Waals surface area contributed by atoms with Crippen molar-refractivity contribution in [2.75, 3.05) is 26.8 Å². The molecule has 1 saturated heterocycles. The second-order valence-electron chi connectivity index (χ2n) is 7.03. The minimum Gasteiger partial charge on any atom is -0.493 e. The molecular weight excluding hydrogens is 363 g/mol. The van der Waals surface area contributed by atoms with Crippen LogP contribution in [0.5, 0.6) is 11.5 Å². The fourth-order valence-corrected chi connectivity index (χ4v) is 3.53. The first-order valence-corrected chi connectivity index (χ1v) is 9.19. The Morgan fingerprint density at radius 1 is 1.21 bits per heavy atom. The molecule has 1 aliphatic rings. The molecule has 0 spiro atoms. The highest BCUT2D eigenvalue weighted by Gasteiger charge is 2.35. The number of rotatable bonds is 7. The van der Waals surface area contributed by atoms with Crippen molar-refractivity contribution in [2.45, 2.75) is 25.0 Å². The lowest BCUT2D eigenvalue weighted by Gasteiger charge is -2.38. The molecule has 3 N–H and O–H groups in total. The van der Waals surface area contributed by atoms with Crippen LogP contribution in [-0.4, -0.2) is 42.7 Å². The Labute approximate surface area is 163 Å². The number of likely N-dealkylation sites (tertiary alicyclic amines) is 1. The standard InChI is InChI=1S/C21H25FN2O4/c1-27-19-12-15(6-7-18(19)28-14-20(23)25)13-24-10-8-21(26,9-11-24)16-4-2-3-5-17(16)22/h2-7,12,26H,8-11,13-14H2,1H3,(H2,23,25). The maximum absolute atomic E-state index is 14.1. The van der Waals surface area contributed by atoms with E-state index in [-0.39, 0.29) is 12.4 Å². The Kier molecular flexibility index (Phi) is 6.16. The van der Waals surface area contributed by atoms with E-state index in [0.29, 0.717) is 49.5 Å². The normalized spacial score (nSPS) is 16.5. The number of aliphatic hydroxyl groups is 1. The highest BCUT2D eigenvalue weighted by molar-refractivity contribution is 5.75. The minimum atomic E-state index is -1.13. The molecule has 1 aliphatic heterocycles. The maximum atomic E-state index is 14.1. The average Bonchev–Trinajstić information content (AvgIpc) is 2.69. The lowest BCUT2D eigenvalue weighted by molar-refractivity contribution is -0.119. The van der Waals surface area contributed by atoms with Gasteiger partial charge in [-0.3, -0.25) is 9.69 Å². The van der Waals surface area contributed by atoms with Gasteiger partial charge in [0.25, 0.3) is 5.91 Å². The number of benzene rings is 2. The van der Waals surface area contributed by atoms with E-state index >= 15 is 0 Å². The summed E-state index contributed by atoms with van der Waals surface area (Å²) in [6, 6.07) is 11.9. The van der Waals surface area contributed by atoms with E-state index in [1.54, 1.807) is 24.3 Å². The first-order chi connectivity index (χ1) is 13.4. The summed E-state index contributed by atoms with van der Waals surface area (Å²) < 4.78 is 24.7. The van der Waals surface area contributed by atoms with E-state index in [9.17, 15) is 14.3 Å². The lowest BCUT2D eigenvalue weighted by Crippen LogP contribution is -2.42. The maximum Gasteiger partial charge on any atom is 0.255 e. The molecule has 0 bridgehead atoms. The third-order valence-corrected chi connectivity index (χ3v) is 5.06.